The zero-order chi connectivity index (χ0) is 23.2. The molecule has 0 N–H and O–H groups in total. The van der Waals surface area contributed by atoms with Crippen LogP contribution in [0.5, 0.6) is 0 Å². The summed E-state index contributed by atoms with van der Waals surface area (Å²) in [5.41, 5.74) is 3.02. The van der Waals surface area contributed by atoms with Crippen molar-refractivity contribution in [2.24, 2.45) is 0 Å². The Hall–Kier alpha value is -2.19. The van der Waals surface area contributed by atoms with Gasteiger partial charge in [0.05, 0.1) is 19.8 Å². The lowest BCUT2D eigenvalue weighted by molar-refractivity contribution is -0.329. The summed E-state index contributed by atoms with van der Waals surface area (Å²) >= 11 is 1.63. The maximum Gasteiger partial charge on any atom is 0.184 e. The van der Waals surface area contributed by atoms with Crippen LogP contribution in [0.15, 0.2) is 91.0 Å². The second-order valence-corrected chi connectivity index (χ2v) is 9.41. The standard InChI is InChI=1S/C28H30O5S/c1-34-28-26(30-18-21-13-7-3-8-14-21)25(29-17-20-11-5-2-6-12-20)24-23(32-28)19-31-27(33-24)22-15-9-4-10-16-22/h2-16,23-28H,17-19H2,1H3/t23?,24-,25+,26?,27?,28+/m1/s1. The van der Waals surface area contributed by atoms with E-state index in [9.17, 15) is 0 Å². The van der Waals surface area contributed by atoms with Gasteiger partial charge in [-0.25, -0.2) is 0 Å². The molecule has 3 unspecified atom stereocenters. The van der Waals surface area contributed by atoms with Crippen LogP contribution >= 0.6 is 11.8 Å². The molecule has 0 bridgehead atoms. The van der Waals surface area contributed by atoms with E-state index in [0.717, 1.165) is 16.7 Å². The highest BCUT2D eigenvalue weighted by Crippen LogP contribution is 2.39. The fourth-order valence-electron chi connectivity index (χ4n) is 4.42. The Kier molecular flexibility index (Phi) is 7.96. The molecule has 2 aliphatic heterocycles. The van der Waals surface area contributed by atoms with E-state index in [1.807, 2.05) is 73.0 Å². The van der Waals surface area contributed by atoms with Crippen molar-refractivity contribution in [3.8, 4) is 0 Å². The van der Waals surface area contributed by atoms with E-state index in [1.165, 1.54) is 0 Å². The van der Waals surface area contributed by atoms with Gasteiger partial charge in [-0.3, -0.25) is 0 Å². The molecular weight excluding hydrogens is 448 g/mol. The van der Waals surface area contributed by atoms with Gasteiger partial charge in [-0.1, -0.05) is 91.0 Å². The zero-order valence-electron chi connectivity index (χ0n) is 19.2. The van der Waals surface area contributed by atoms with E-state index in [2.05, 4.69) is 24.3 Å². The average molecular weight is 479 g/mol. The molecule has 2 saturated heterocycles. The molecule has 0 aliphatic carbocycles. The van der Waals surface area contributed by atoms with Gasteiger partial charge < -0.3 is 23.7 Å². The first-order chi connectivity index (χ1) is 16.8. The summed E-state index contributed by atoms with van der Waals surface area (Å²) in [6.07, 6.45) is 0.427. The topological polar surface area (TPSA) is 46.2 Å². The Bertz CT molecular complexity index is 997. The molecule has 2 fully saturated rings. The maximum absolute atomic E-state index is 6.56. The third-order valence-corrected chi connectivity index (χ3v) is 7.00. The lowest BCUT2D eigenvalue weighted by Crippen LogP contribution is -2.62. The second-order valence-electron chi connectivity index (χ2n) is 8.48. The fraction of sp³-hybridized carbons (Fsp3) is 0.357. The van der Waals surface area contributed by atoms with Crippen LogP contribution in [0.25, 0.3) is 0 Å². The number of fused-ring (bicyclic) bond motifs is 1. The quantitative estimate of drug-likeness (QED) is 0.434. The molecule has 178 valence electrons. The van der Waals surface area contributed by atoms with Gasteiger partial charge in [0.15, 0.2) is 6.29 Å². The number of hydrogen-bond donors (Lipinski definition) is 0. The minimum Gasteiger partial charge on any atom is -0.368 e. The summed E-state index contributed by atoms with van der Waals surface area (Å²) in [7, 11) is 0. The highest BCUT2D eigenvalue weighted by Gasteiger charge is 2.51. The Labute approximate surface area is 205 Å². The first-order valence-electron chi connectivity index (χ1n) is 11.6. The highest BCUT2D eigenvalue weighted by atomic mass is 32.2. The monoisotopic (exact) mass is 478 g/mol. The molecule has 3 aromatic rings. The summed E-state index contributed by atoms with van der Waals surface area (Å²) < 4.78 is 32.0. The zero-order valence-corrected chi connectivity index (χ0v) is 20.0. The molecule has 6 atom stereocenters. The molecule has 0 radical (unpaired) electrons. The third-order valence-electron chi connectivity index (χ3n) is 6.16. The van der Waals surface area contributed by atoms with Crippen molar-refractivity contribution in [1.82, 2.24) is 0 Å². The van der Waals surface area contributed by atoms with Gasteiger partial charge in [0.2, 0.25) is 0 Å². The Morgan fingerprint density at radius 3 is 1.88 bits per heavy atom. The number of rotatable bonds is 8. The lowest BCUT2D eigenvalue weighted by atomic mass is 9.98. The second kappa shape index (κ2) is 11.5. The van der Waals surface area contributed by atoms with E-state index in [0.29, 0.717) is 19.8 Å². The molecule has 2 aliphatic rings. The molecule has 34 heavy (non-hydrogen) atoms. The van der Waals surface area contributed by atoms with Crippen molar-refractivity contribution in [3.05, 3.63) is 108 Å². The summed E-state index contributed by atoms with van der Waals surface area (Å²) in [5.74, 6) is 0. The van der Waals surface area contributed by atoms with Crippen molar-refractivity contribution in [2.45, 2.75) is 49.4 Å². The number of benzene rings is 3. The van der Waals surface area contributed by atoms with Crippen LogP contribution in [0.1, 0.15) is 23.0 Å². The largest absolute Gasteiger partial charge is 0.368 e. The molecule has 5 nitrogen and oxygen atoms in total. The molecule has 3 aromatic carbocycles. The molecule has 0 saturated carbocycles. The molecular formula is C28H30O5S. The van der Waals surface area contributed by atoms with E-state index >= 15 is 0 Å². The van der Waals surface area contributed by atoms with Crippen LogP contribution in [-0.4, -0.2) is 42.7 Å². The van der Waals surface area contributed by atoms with Crippen molar-refractivity contribution >= 4 is 11.8 Å². The Balaban J connectivity index is 1.39. The molecule has 0 spiro atoms. The number of thioether (sulfide) groups is 1. The third kappa shape index (κ3) is 5.54. The van der Waals surface area contributed by atoms with Crippen LogP contribution in [-0.2, 0) is 36.9 Å². The normalized spacial score (nSPS) is 28.9. The van der Waals surface area contributed by atoms with E-state index in [4.69, 9.17) is 23.7 Å². The smallest absolute Gasteiger partial charge is 0.184 e. The molecule has 5 rings (SSSR count). The average Bonchev–Trinajstić information content (AvgIpc) is 2.91. The maximum atomic E-state index is 6.56. The van der Waals surface area contributed by atoms with Gasteiger partial charge >= 0.3 is 0 Å². The van der Waals surface area contributed by atoms with Gasteiger partial charge in [-0.15, -0.1) is 11.8 Å². The number of ether oxygens (including phenoxy) is 5. The summed E-state index contributed by atoms with van der Waals surface area (Å²) in [4.78, 5) is 0. The molecule has 0 aromatic heterocycles. The van der Waals surface area contributed by atoms with Crippen molar-refractivity contribution < 1.29 is 23.7 Å². The molecule has 6 heteroatoms. The van der Waals surface area contributed by atoms with Crippen LogP contribution < -0.4 is 0 Å². The van der Waals surface area contributed by atoms with Crippen LogP contribution in [0.2, 0.25) is 0 Å². The minimum atomic E-state index is -0.463. The minimum absolute atomic E-state index is 0.189. The summed E-state index contributed by atoms with van der Waals surface area (Å²) in [6, 6.07) is 30.4. The summed E-state index contributed by atoms with van der Waals surface area (Å²) in [6.45, 7) is 1.40. The molecule has 0 amide bonds. The van der Waals surface area contributed by atoms with E-state index < -0.39 is 6.29 Å². The lowest BCUT2D eigenvalue weighted by Gasteiger charge is -2.49. The molecule has 2 heterocycles. The first kappa shape index (κ1) is 23.5. The van der Waals surface area contributed by atoms with Crippen molar-refractivity contribution in [1.29, 1.82) is 0 Å². The van der Waals surface area contributed by atoms with E-state index in [-0.39, 0.29) is 29.9 Å². The van der Waals surface area contributed by atoms with E-state index in [1.54, 1.807) is 11.8 Å². The predicted octanol–water partition coefficient (Wildman–Crippen LogP) is 5.36. The van der Waals surface area contributed by atoms with Crippen LogP contribution in [0.4, 0.5) is 0 Å². The van der Waals surface area contributed by atoms with Gasteiger partial charge in [0, 0.05) is 5.56 Å². The Morgan fingerprint density at radius 1 is 0.735 bits per heavy atom. The Morgan fingerprint density at radius 2 is 1.29 bits per heavy atom. The predicted molar refractivity (Wildman–Crippen MR) is 132 cm³/mol. The van der Waals surface area contributed by atoms with Gasteiger partial charge in [0.1, 0.15) is 29.9 Å². The van der Waals surface area contributed by atoms with Gasteiger partial charge in [-0.2, -0.15) is 0 Å². The number of hydrogen-bond acceptors (Lipinski definition) is 6. The van der Waals surface area contributed by atoms with Gasteiger partial charge in [0.25, 0.3) is 0 Å². The SMILES string of the molecule is CS[C@@H]1OC2COC(c3ccccc3)O[C@H]2[C@H](OCc2ccccc2)C1OCc1ccccc1. The summed E-state index contributed by atoms with van der Waals surface area (Å²) in [5, 5.41) is 0. The van der Waals surface area contributed by atoms with Crippen molar-refractivity contribution in [3.63, 3.8) is 0 Å². The van der Waals surface area contributed by atoms with Gasteiger partial charge in [-0.05, 0) is 17.4 Å². The first-order valence-corrected chi connectivity index (χ1v) is 12.9. The van der Waals surface area contributed by atoms with Crippen LogP contribution in [0.3, 0.4) is 0 Å². The fourth-order valence-corrected chi connectivity index (χ4v) is 5.17. The highest BCUT2D eigenvalue weighted by molar-refractivity contribution is 7.99. The van der Waals surface area contributed by atoms with Crippen molar-refractivity contribution in [2.75, 3.05) is 12.9 Å². The van der Waals surface area contributed by atoms with Crippen LogP contribution in [0, 0.1) is 0 Å².